The molecule has 1 atom stereocenters. The van der Waals surface area contributed by atoms with Crippen molar-refractivity contribution < 1.29 is 4.79 Å². The van der Waals surface area contributed by atoms with E-state index < -0.39 is 0 Å². The summed E-state index contributed by atoms with van der Waals surface area (Å²) < 4.78 is 1.59. The zero-order valence-electron chi connectivity index (χ0n) is 11.2. The molecule has 0 aliphatic heterocycles. The van der Waals surface area contributed by atoms with E-state index in [1.165, 1.54) is 0 Å². The lowest BCUT2D eigenvalue weighted by Crippen LogP contribution is -2.18. The summed E-state index contributed by atoms with van der Waals surface area (Å²) in [6.45, 7) is 2.07. The van der Waals surface area contributed by atoms with Gasteiger partial charge in [-0.3, -0.25) is 4.79 Å². The number of aromatic nitrogens is 3. The number of rotatable bonds is 4. The molecule has 0 saturated carbocycles. The van der Waals surface area contributed by atoms with Crippen molar-refractivity contribution >= 4 is 5.91 Å². The number of hydrogen-bond donors (Lipinski definition) is 2. The van der Waals surface area contributed by atoms with Gasteiger partial charge in [0, 0.05) is 25.5 Å². The maximum absolute atomic E-state index is 11.5. The second-order valence-electron chi connectivity index (χ2n) is 4.18. The van der Waals surface area contributed by atoms with Crippen LogP contribution >= 0.6 is 0 Å². The van der Waals surface area contributed by atoms with Crippen molar-refractivity contribution in [2.45, 2.75) is 13.0 Å². The van der Waals surface area contributed by atoms with Crippen LogP contribution in [-0.2, 0) is 0 Å². The molecule has 2 rings (SSSR count). The van der Waals surface area contributed by atoms with E-state index in [-0.39, 0.29) is 11.9 Å². The van der Waals surface area contributed by atoms with Gasteiger partial charge in [0.2, 0.25) is 0 Å². The first kappa shape index (κ1) is 13.2. The number of carbonyl (C=O) groups is 1. The van der Waals surface area contributed by atoms with Crippen LogP contribution in [0.4, 0.5) is 0 Å². The number of hydrogen-bond acceptors (Lipinski definition) is 4. The van der Waals surface area contributed by atoms with Gasteiger partial charge in [-0.05, 0) is 37.7 Å². The van der Waals surface area contributed by atoms with Crippen molar-refractivity contribution in [3.8, 4) is 5.82 Å². The Kier molecular flexibility index (Phi) is 3.91. The molecule has 0 radical (unpaired) electrons. The van der Waals surface area contributed by atoms with E-state index >= 15 is 0 Å². The van der Waals surface area contributed by atoms with Crippen LogP contribution in [0.15, 0.2) is 30.6 Å². The predicted octanol–water partition coefficient (Wildman–Crippen LogP) is 0.907. The van der Waals surface area contributed by atoms with Crippen molar-refractivity contribution in [1.82, 2.24) is 25.4 Å². The SMILES string of the molecule is CNC(=O)c1ccn(-c2cc(C(C)NC)ccn2)n1. The monoisotopic (exact) mass is 259 g/mol. The highest BCUT2D eigenvalue weighted by Crippen LogP contribution is 2.14. The van der Waals surface area contributed by atoms with Gasteiger partial charge in [0.15, 0.2) is 11.5 Å². The third-order valence-electron chi connectivity index (χ3n) is 2.99. The average molecular weight is 259 g/mol. The fourth-order valence-electron chi connectivity index (χ4n) is 1.70. The summed E-state index contributed by atoms with van der Waals surface area (Å²) in [4.78, 5) is 15.7. The molecule has 0 aromatic carbocycles. The minimum Gasteiger partial charge on any atom is -0.354 e. The number of pyridine rings is 1. The molecule has 100 valence electrons. The van der Waals surface area contributed by atoms with E-state index in [9.17, 15) is 4.79 Å². The van der Waals surface area contributed by atoms with Gasteiger partial charge in [-0.2, -0.15) is 5.10 Å². The van der Waals surface area contributed by atoms with Gasteiger partial charge in [-0.15, -0.1) is 0 Å². The molecule has 0 spiro atoms. The minimum absolute atomic E-state index is 0.210. The van der Waals surface area contributed by atoms with Crippen LogP contribution in [0, 0.1) is 0 Å². The van der Waals surface area contributed by atoms with Crippen molar-refractivity contribution in [1.29, 1.82) is 0 Å². The Hall–Kier alpha value is -2.21. The molecule has 2 aromatic rings. The third-order valence-corrected chi connectivity index (χ3v) is 2.99. The first-order valence-corrected chi connectivity index (χ1v) is 6.07. The summed E-state index contributed by atoms with van der Waals surface area (Å²) in [7, 11) is 3.48. The lowest BCUT2D eigenvalue weighted by Gasteiger charge is -2.11. The van der Waals surface area contributed by atoms with Crippen LogP contribution in [-0.4, -0.2) is 34.8 Å². The van der Waals surface area contributed by atoms with Crippen LogP contribution < -0.4 is 10.6 Å². The number of carbonyl (C=O) groups excluding carboxylic acids is 1. The van der Waals surface area contributed by atoms with Crippen LogP contribution in [0.1, 0.15) is 29.0 Å². The number of nitrogens with one attached hydrogen (secondary N) is 2. The van der Waals surface area contributed by atoms with Crippen LogP contribution in [0.2, 0.25) is 0 Å². The maximum Gasteiger partial charge on any atom is 0.271 e. The molecule has 1 unspecified atom stereocenters. The van der Waals surface area contributed by atoms with Gasteiger partial charge in [0.25, 0.3) is 5.91 Å². The third kappa shape index (κ3) is 2.79. The van der Waals surface area contributed by atoms with E-state index in [1.54, 1.807) is 30.2 Å². The molecular formula is C13H17N5O. The standard InChI is InChI=1S/C13H17N5O/c1-9(14-2)10-4-6-16-12(8-10)18-7-5-11(17-18)13(19)15-3/h4-9,14H,1-3H3,(H,15,19). The number of nitrogens with zero attached hydrogens (tertiary/aromatic N) is 3. The van der Waals surface area contributed by atoms with Crippen molar-refractivity contribution in [2.75, 3.05) is 14.1 Å². The van der Waals surface area contributed by atoms with Gasteiger partial charge in [0.1, 0.15) is 0 Å². The highest BCUT2D eigenvalue weighted by atomic mass is 16.1. The Bertz CT molecular complexity index is 578. The summed E-state index contributed by atoms with van der Waals surface area (Å²) in [5.41, 5.74) is 1.49. The number of amides is 1. The highest BCUT2D eigenvalue weighted by Gasteiger charge is 2.10. The molecule has 2 heterocycles. The van der Waals surface area contributed by atoms with Crippen molar-refractivity contribution in [2.24, 2.45) is 0 Å². The summed E-state index contributed by atoms with van der Waals surface area (Å²) in [6.07, 6.45) is 3.46. The molecule has 0 aliphatic carbocycles. The smallest absolute Gasteiger partial charge is 0.271 e. The summed E-state index contributed by atoms with van der Waals surface area (Å²) in [6, 6.07) is 5.79. The Labute approximate surface area is 111 Å². The van der Waals surface area contributed by atoms with E-state index in [4.69, 9.17) is 0 Å². The lowest BCUT2D eigenvalue weighted by atomic mass is 10.1. The highest BCUT2D eigenvalue weighted by molar-refractivity contribution is 5.91. The Morgan fingerprint density at radius 3 is 2.84 bits per heavy atom. The van der Waals surface area contributed by atoms with Gasteiger partial charge in [-0.1, -0.05) is 0 Å². The van der Waals surface area contributed by atoms with Gasteiger partial charge in [-0.25, -0.2) is 9.67 Å². The maximum atomic E-state index is 11.5. The predicted molar refractivity (Wildman–Crippen MR) is 72.2 cm³/mol. The second-order valence-corrected chi connectivity index (χ2v) is 4.18. The van der Waals surface area contributed by atoms with Crippen molar-refractivity contribution in [3.05, 3.63) is 41.9 Å². The summed E-state index contributed by atoms with van der Waals surface area (Å²) >= 11 is 0. The Morgan fingerprint density at radius 1 is 1.37 bits per heavy atom. The van der Waals surface area contributed by atoms with E-state index in [1.807, 2.05) is 19.2 Å². The molecule has 6 nitrogen and oxygen atoms in total. The van der Waals surface area contributed by atoms with E-state index in [0.717, 1.165) is 5.56 Å². The topological polar surface area (TPSA) is 71.8 Å². The fraction of sp³-hybridized carbons (Fsp3) is 0.308. The molecule has 0 saturated heterocycles. The first-order valence-electron chi connectivity index (χ1n) is 6.07. The quantitative estimate of drug-likeness (QED) is 0.856. The van der Waals surface area contributed by atoms with Crippen LogP contribution in [0.3, 0.4) is 0 Å². The average Bonchev–Trinajstić information content (AvgIpc) is 2.95. The first-order chi connectivity index (χ1) is 9.15. The molecular weight excluding hydrogens is 242 g/mol. The van der Waals surface area contributed by atoms with Crippen LogP contribution in [0.25, 0.3) is 5.82 Å². The summed E-state index contributed by atoms with van der Waals surface area (Å²) in [5.74, 6) is 0.480. The summed E-state index contributed by atoms with van der Waals surface area (Å²) in [5, 5.41) is 9.91. The molecule has 0 aliphatic rings. The molecule has 2 aromatic heterocycles. The molecule has 2 N–H and O–H groups in total. The van der Waals surface area contributed by atoms with Gasteiger partial charge in [0.05, 0.1) is 0 Å². The molecule has 1 amide bonds. The van der Waals surface area contributed by atoms with Crippen LogP contribution in [0.5, 0.6) is 0 Å². The largest absolute Gasteiger partial charge is 0.354 e. The molecule has 6 heteroatoms. The Balaban J connectivity index is 2.31. The lowest BCUT2D eigenvalue weighted by molar-refractivity contribution is 0.0957. The minimum atomic E-state index is -0.210. The van der Waals surface area contributed by atoms with E-state index in [0.29, 0.717) is 11.5 Å². The van der Waals surface area contributed by atoms with E-state index in [2.05, 4.69) is 27.6 Å². The van der Waals surface area contributed by atoms with Gasteiger partial charge < -0.3 is 10.6 Å². The molecule has 19 heavy (non-hydrogen) atoms. The van der Waals surface area contributed by atoms with Gasteiger partial charge >= 0.3 is 0 Å². The zero-order chi connectivity index (χ0) is 13.8. The fourth-order valence-corrected chi connectivity index (χ4v) is 1.70. The van der Waals surface area contributed by atoms with Crippen molar-refractivity contribution in [3.63, 3.8) is 0 Å². The molecule has 0 fully saturated rings. The normalized spacial score (nSPS) is 12.2. The second kappa shape index (κ2) is 5.62. The molecule has 0 bridgehead atoms. The Morgan fingerprint density at radius 2 is 2.16 bits per heavy atom. The zero-order valence-corrected chi connectivity index (χ0v) is 11.2.